The van der Waals surface area contributed by atoms with E-state index in [1.807, 2.05) is 53.1 Å². The van der Waals surface area contributed by atoms with Gasteiger partial charge in [0, 0.05) is 6.20 Å². The Morgan fingerprint density at radius 1 is 1.22 bits per heavy atom. The largest absolute Gasteiger partial charge is 0.299 e. The Morgan fingerprint density at radius 3 is 3.06 bits per heavy atom. The van der Waals surface area contributed by atoms with E-state index in [1.54, 1.807) is 0 Å². The Kier molecular flexibility index (Phi) is 2.65. The number of pyridine rings is 1. The van der Waals surface area contributed by atoms with Gasteiger partial charge in [0.1, 0.15) is 11.3 Å². The third kappa shape index (κ3) is 1.70. The molecule has 0 saturated heterocycles. The molecule has 3 heteroatoms. The molecule has 1 aliphatic carbocycles. The summed E-state index contributed by atoms with van der Waals surface area (Å²) in [5.41, 5.74) is 3.28. The van der Waals surface area contributed by atoms with Crippen molar-refractivity contribution in [2.75, 3.05) is 0 Å². The maximum Gasteiger partial charge on any atom is 0.170 e. The van der Waals surface area contributed by atoms with Gasteiger partial charge in [-0.2, -0.15) is 0 Å². The maximum absolute atomic E-state index is 11.2. The minimum absolute atomic E-state index is 0.496. The molecule has 88 valence electrons. The van der Waals surface area contributed by atoms with E-state index in [1.165, 1.54) is 0 Å². The normalized spacial score (nSPS) is 14.6. The molecule has 2 aromatic rings. The van der Waals surface area contributed by atoms with Gasteiger partial charge in [-0.3, -0.25) is 9.20 Å². The number of imidazole rings is 1. The van der Waals surface area contributed by atoms with Gasteiger partial charge in [-0.25, -0.2) is 4.98 Å². The van der Waals surface area contributed by atoms with Crippen LogP contribution in [0, 0.1) is 0 Å². The molecule has 3 rings (SSSR count). The van der Waals surface area contributed by atoms with Crippen molar-refractivity contribution in [2.45, 2.75) is 6.42 Å². The Morgan fingerprint density at radius 2 is 2.17 bits per heavy atom. The van der Waals surface area contributed by atoms with Gasteiger partial charge >= 0.3 is 0 Å². The number of aromatic nitrogens is 2. The van der Waals surface area contributed by atoms with Gasteiger partial charge in [0.25, 0.3) is 0 Å². The number of hydrogen-bond acceptors (Lipinski definition) is 2. The topological polar surface area (TPSA) is 34.4 Å². The van der Waals surface area contributed by atoms with Crippen molar-refractivity contribution in [3.8, 4) is 0 Å². The van der Waals surface area contributed by atoms with E-state index in [9.17, 15) is 4.79 Å². The van der Waals surface area contributed by atoms with Crippen molar-refractivity contribution < 1.29 is 4.79 Å². The van der Waals surface area contributed by atoms with Crippen LogP contribution in [-0.2, 0) is 0 Å². The van der Waals surface area contributed by atoms with E-state index in [0.717, 1.165) is 29.6 Å². The number of rotatable bonds is 2. The van der Waals surface area contributed by atoms with Gasteiger partial charge in [-0.15, -0.1) is 0 Å². The van der Waals surface area contributed by atoms with E-state index >= 15 is 0 Å². The minimum Gasteiger partial charge on any atom is -0.299 e. The van der Waals surface area contributed by atoms with E-state index in [4.69, 9.17) is 0 Å². The van der Waals surface area contributed by atoms with Crippen LogP contribution in [0.25, 0.3) is 11.2 Å². The lowest BCUT2D eigenvalue weighted by Gasteiger charge is -2.04. The summed E-state index contributed by atoms with van der Waals surface area (Å²) in [7, 11) is 0. The molecule has 0 bridgehead atoms. The Hall–Kier alpha value is -2.42. The molecule has 3 nitrogen and oxygen atoms in total. The second-order valence-electron chi connectivity index (χ2n) is 4.10. The molecule has 0 aliphatic heterocycles. The minimum atomic E-state index is 0.496. The average Bonchev–Trinajstić information content (AvgIpc) is 2.59. The fraction of sp³-hybridized carbons (Fsp3) is 0.0667. The summed E-state index contributed by atoms with van der Waals surface area (Å²) in [6.07, 6.45) is 13.6. The number of nitrogens with zero attached hydrogens (tertiary/aromatic N) is 2. The van der Waals surface area contributed by atoms with Crippen LogP contribution in [0.5, 0.6) is 0 Å². The molecule has 2 aromatic heterocycles. The molecular formula is C15H12N2O. The average molecular weight is 236 g/mol. The van der Waals surface area contributed by atoms with E-state index < -0.39 is 0 Å². The zero-order valence-corrected chi connectivity index (χ0v) is 9.78. The Labute approximate surface area is 105 Å². The fourth-order valence-corrected chi connectivity index (χ4v) is 2.17. The lowest BCUT2D eigenvalue weighted by molar-refractivity contribution is 0.111. The van der Waals surface area contributed by atoms with Crippen LogP contribution in [0.2, 0.25) is 0 Å². The van der Waals surface area contributed by atoms with Gasteiger partial charge in [0.05, 0.1) is 5.69 Å². The van der Waals surface area contributed by atoms with Crippen LogP contribution < -0.4 is 0 Å². The fourth-order valence-electron chi connectivity index (χ4n) is 2.17. The Balaban J connectivity index is 2.26. The summed E-state index contributed by atoms with van der Waals surface area (Å²) in [5.74, 6) is 0. The number of carbonyl (C=O) groups is 1. The first-order valence-corrected chi connectivity index (χ1v) is 5.85. The highest BCUT2D eigenvalue weighted by molar-refractivity contribution is 5.85. The van der Waals surface area contributed by atoms with Crippen molar-refractivity contribution in [1.29, 1.82) is 0 Å². The quantitative estimate of drug-likeness (QED) is 0.751. The number of aldehydes is 1. The first-order valence-electron chi connectivity index (χ1n) is 5.85. The first-order chi connectivity index (χ1) is 8.90. The predicted octanol–water partition coefficient (Wildman–Crippen LogP) is 3.05. The maximum atomic E-state index is 11.2. The van der Waals surface area contributed by atoms with Gasteiger partial charge in [0.2, 0.25) is 0 Å². The molecule has 1 aliphatic rings. The monoisotopic (exact) mass is 236 g/mol. The third-order valence-electron chi connectivity index (χ3n) is 2.97. The number of carbonyl (C=O) groups excluding carboxylic acids is 1. The summed E-state index contributed by atoms with van der Waals surface area (Å²) in [6, 6.07) is 5.76. The van der Waals surface area contributed by atoms with Crippen LogP contribution in [-0.4, -0.2) is 15.7 Å². The van der Waals surface area contributed by atoms with Crippen LogP contribution >= 0.6 is 0 Å². The molecule has 0 N–H and O–H groups in total. The third-order valence-corrected chi connectivity index (χ3v) is 2.97. The van der Waals surface area contributed by atoms with Gasteiger partial charge in [-0.1, -0.05) is 36.4 Å². The zero-order valence-electron chi connectivity index (χ0n) is 9.78. The summed E-state index contributed by atoms with van der Waals surface area (Å²) in [4.78, 5) is 15.5. The molecule has 2 heterocycles. The molecule has 18 heavy (non-hydrogen) atoms. The van der Waals surface area contributed by atoms with E-state index in [0.29, 0.717) is 5.69 Å². The van der Waals surface area contributed by atoms with Crippen molar-refractivity contribution in [3.05, 3.63) is 66.2 Å². The predicted molar refractivity (Wildman–Crippen MR) is 71.5 cm³/mol. The summed E-state index contributed by atoms with van der Waals surface area (Å²) in [5, 5.41) is 0. The molecule has 0 aromatic carbocycles. The van der Waals surface area contributed by atoms with Crippen LogP contribution in [0.3, 0.4) is 0 Å². The smallest absolute Gasteiger partial charge is 0.170 e. The molecule has 0 radical (unpaired) electrons. The summed E-state index contributed by atoms with van der Waals surface area (Å²) < 4.78 is 1.96. The second kappa shape index (κ2) is 4.45. The molecular weight excluding hydrogens is 224 g/mol. The molecule has 0 atom stereocenters. The van der Waals surface area contributed by atoms with E-state index in [2.05, 4.69) is 11.1 Å². The lowest BCUT2D eigenvalue weighted by Crippen LogP contribution is -1.95. The van der Waals surface area contributed by atoms with Crippen molar-refractivity contribution in [2.24, 2.45) is 0 Å². The SMILES string of the molecule is O=Cc1nc2ccccn2c1C1=CC=CC=CC1. The van der Waals surface area contributed by atoms with Gasteiger partial charge < -0.3 is 0 Å². The Bertz CT molecular complexity index is 690. The standard InChI is InChI=1S/C15H12N2O/c18-11-13-15(12-7-3-1-2-4-8-12)17-10-6-5-9-14(17)16-13/h1-7,9-11H,8H2. The van der Waals surface area contributed by atoms with Crippen LogP contribution in [0.4, 0.5) is 0 Å². The second-order valence-corrected chi connectivity index (χ2v) is 4.10. The number of fused-ring (bicyclic) bond motifs is 1. The molecule has 0 spiro atoms. The molecule has 0 saturated carbocycles. The first kappa shape index (κ1) is 10.7. The van der Waals surface area contributed by atoms with Crippen LogP contribution in [0.15, 0.2) is 54.8 Å². The summed E-state index contributed by atoms with van der Waals surface area (Å²) in [6.45, 7) is 0. The highest BCUT2D eigenvalue weighted by Gasteiger charge is 2.14. The van der Waals surface area contributed by atoms with Crippen molar-refractivity contribution in [1.82, 2.24) is 9.38 Å². The van der Waals surface area contributed by atoms with Crippen molar-refractivity contribution >= 4 is 17.5 Å². The van der Waals surface area contributed by atoms with Gasteiger partial charge in [0.15, 0.2) is 6.29 Å². The van der Waals surface area contributed by atoms with E-state index in [-0.39, 0.29) is 0 Å². The highest BCUT2D eigenvalue weighted by atomic mass is 16.1. The highest BCUT2D eigenvalue weighted by Crippen LogP contribution is 2.24. The number of allylic oxidation sites excluding steroid dienone is 6. The molecule has 0 fully saturated rings. The van der Waals surface area contributed by atoms with Crippen LogP contribution in [0.1, 0.15) is 22.6 Å². The molecule has 0 unspecified atom stereocenters. The zero-order chi connectivity index (χ0) is 12.4. The van der Waals surface area contributed by atoms with Gasteiger partial charge in [-0.05, 0) is 24.1 Å². The lowest BCUT2D eigenvalue weighted by atomic mass is 10.1. The summed E-state index contributed by atoms with van der Waals surface area (Å²) >= 11 is 0. The van der Waals surface area contributed by atoms with Crippen molar-refractivity contribution in [3.63, 3.8) is 0 Å². The molecule has 0 amide bonds. The number of hydrogen-bond donors (Lipinski definition) is 0.